The zero-order valence-electron chi connectivity index (χ0n) is 14.6. The molecule has 136 valence electrons. The van der Waals surface area contributed by atoms with Crippen LogP contribution in [0.1, 0.15) is 5.56 Å². The number of thioether (sulfide) groups is 1. The normalized spacial score (nSPS) is 11.3. The lowest BCUT2D eigenvalue weighted by Gasteiger charge is -2.07. The second-order valence-electron chi connectivity index (χ2n) is 6.02. The van der Waals surface area contributed by atoms with Crippen LogP contribution in [0.3, 0.4) is 0 Å². The molecule has 8 heteroatoms. The molecular formula is C19H15Cl2N5S. The Morgan fingerprint density at radius 1 is 1.04 bits per heavy atom. The van der Waals surface area contributed by atoms with Gasteiger partial charge in [-0.2, -0.15) is 0 Å². The standard InChI is InChI=1S/C19H15Cl2N5S/c1-10-4-3-5-11(8-10)16-15-17(22)26(12-6-7-13(20)14(21)9-12)25-18(15)24-19(23-16)27-2/h3-9H,22H2,1-2H3. The van der Waals surface area contributed by atoms with E-state index in [1.807, 2.05) is 37.4 Å². The fraction of sp³-hybridized carbons (Fsp3) is 0.105. The van der Waals surface area contributed by atoms with E-state index in [-0.39, 0.29) is 0 Å². The van der Waals surface area contributed by atoms with Crippen LogP contribution in [0.25, 0.3) is 28.0 Å². The molecule has 0 bridgehead atoms. The quantitative estimate of drug-likeness (QED) is 0.358. The highest BCUT2D eigenvalue weighted by atomic mass is 35.5. The Bertz CT molecular complexity index is 1170. The number of aryl methyl sites for hydroxylation is 1. The first-order chi connectivity index (χ1) is 13.0. The number of aromatic nitrogens is 4. The van der Waals surface area contributed by atoms with Gasteiger partial charge in [-0.1, -0.05) is 58.7 Å². The molecule has 4 rings (SSSR count). The molecule has 2 N–H and O–H groups in total. The van der Waals surface area contributed by atoms with Crippen LogP contribution in [-0.4, -0.2) is 26.0 Å². The van der Waals surface area contributed by atoms with Crippen molar-refractivity contribution in [2.45, 2.75) is 12.1 Å². The average Bonchev–Trinajstić information content (AvgIpc) is 3.00. The summed E-state index contributed by atoms with van der Waals surface area (Å²) < 4.78 is 1.62. The van der Waals surface area contributed by atoms with E-state index in [0.717, 1.165) is 16.8 Å². The Morgan fingerprint density at radius 2 is 1.85 bits per heavy atom. The number of rotatable bonds is 3. The molecule has 2 heterocycles. The van der Waals surface area contributed by atoms with Crippen molar-refractivity contribution >= 4 is 51.8 Å². The molecule has 0 aliphatic heterocycles. The predicted molar refractivity (Wildman–Crippen MR) is 113 cm³/mol. The summed E-state index contributed by atoms with van der Waals surface area (Å²) >= 11 is 13.7. The molecule has 0 saturated heterocycles. The van der Waals surface area contributed by atoms with Crippen LogP contribution >= 0.6 is 35.0 Å². The number of nitrogens with zero attached hydrogens (tertiary/aromatic N) is 4. The molecule has 2 aromatic heterocycles. The molecule has 2 aromatic carbocycles. The largest absolute Gasteiger partial charge is 0.383 e. The Labute approximate surface area is 170 Å². The first-order valence-electron chi connectivity index (χ1n) is 8.10. The summed E-state index contributed by atoms with van der Waals surface area (Å²) in [6.45, 7) is 2.04. The Balaban J connectivity index is 2.01. The van der Waals surface area contributed by atoms with Crippen molar-refractivity contribution in [3.63, 3.8) is 0 Å². The molecule has 0 atom stereocenters. The van der Waals surface area contributed by atoms with Crippen LogP contribution in [0.4, 0.5) is 5.82 Å². The van der Waals surface area contributed by atoms with Crippen LogP contribution in [0, 0.1) is 6.92 Å². The number of halogens is 2. The van der Waals surface area contributed by atoms with Gasteiger partial charge in [0, 0.05) is 5.56 Å². The molecule has 0 fully saturated rings. The molecule has 0 aliphatic rings. The SMILES string of the molecule is CSc1nc(-c2cccc(C)c2)c2c(N)n(-c3ccc(Cl)c(Cl)c3)nc2n1. The lowest BCUT2D eigenvalue weighted by molar-refractivity contribution is 0.890. The first kappa shape index (κ1) is 18.1. The smallest absolute Gasteiger partial charge is 0.190 e. The fourth-order valence-electron chi connectivity index (χ4n) is 2.90. The van der Waals surface area contributed by atoms with Gasteiger partial charge in [-0.3, -0.25) is 0 Å². The van der Waals surface area contributed by atoms with Crippen LogP contribution in [0.2, 0.25) is 10.0 Å². The zero-order valence-corrected chi connectivity index (χ0v) is 16.9. The van der Waals surface area contributed by atoms with Gasteiger partial charge in [-0.15, -0.1) is 5.10 Å². The lowest BCUT2D eigenvalue weighted by atomic mass is 10.1. The minimum absolute atomic E-state index is 0.433. The second-order valence-corrected chi connectivity index (χ2v) is 7.61. The third kappa shape index (κ3) is 3.25. The van der Waals surface area contributed by atoms with E-state index in [2.05, 4.69) is 16.1 Å². The van der Waals surface area contributed by atoms with Crippen molar-refractivity contribution in [3.05, 3.63) is 58.1 Å². The van der Waals surface area contributed by atoms with E-state index in [1.54, 1.807) is 16.8 Å². The molecule has 0 amide bonds. The van der Waals surface area contributed by atoms with Gasteiger partial charge in [-0.05, 0) is 37.4 Å². The molecule has 0 spiro atoms. The van der Waals surface area contributed by atoms with E-state index in [9.17, 15) is 0 Å². The van der Waals surface area contributed by atoms with Crippen LogP contribution < -0.4 is 5.73 Å². The Hall–Kier alpha value is -2.28. The maximum atomic E-state index is 6.46. The van der Waals surface area contributed by atoms with Gasteiger partial charge in [0.05, 0.1) is 26.8 Å². The van der Waals surface area contributed by atoms with E-state index in [4.69, 9.17) is 33.9 Å². The van der Waals surface area contributed by atoms with Crippen LogP contribution in [0.15, 0.2) is 47.6 Å². The van der Waals surface area contributed by atoms with Crippen molar-refractivity contribution in [1.82, 2.24) is 19.7 Å². The highest BCUT2D eigenvalue weighted by Gasteiger charge is 2.19. The van der Waals surface area contributed by atoms with Crippen molar-refractivity contribution in [2.75, 3.05) is 12.0 Å². The second kappa shape index (κ2) is 7.03. The topological polar surface area (TPSA) is 69.6 Å². The summed E-state index contributed by atoms with van der Waals surface area (Å²) in [6.07, 6.45) is 1.93. The first-order valence-corrected chi connectivity index (χ1v) is 10.1. The van der Waals surface area contributed by atoms with E-state index >= 15 is 0 Å². The third-order valence-electron chi connectivity index (χ3n) is 4.17. The maximum absolute atomic E-state index is 6.46. The monoisotopic (exact) mass is 415 g/mol. The van der Waals surface area contributed by atoms with Crippen LogP contribution in [-0.2, 0) is 0 Å². The highest BCUT2D eigenvalue weighted by molar-refractivity contribution is 7.98. The number of benzene rings is 2. The molecule has 27 heavy (non-hydrogen) atoms. The summed E-state index contributed by atoms with van der Waals surface area (Å²) in [5, 5.41) is 6.85. The molecule has 0 aliphatic carbocycles. The number of nitrogens with two attached hydrogens (primary N) is 1. The lowest BCUT2D eigenvalue weighted by Crippen LogP contribution is -2.01. The van der Waals surface area contributed by atoms with Crippen LogP contribution in [0.5, 0.6) is 0 Å². The van der Waals surface area contributed by atoms with E-state index in [1.165, 1.54) is 11.8 Å². The van der Waals surface area contributed by atoms with Gasteiger partial charge in [0.2, 0.25) is 0 Å². The highest BCUT2D eigenvalue weighted by Crippen LogP contribution is 2.34. The molecule has 0 saturated carbocycles. The third-order valence-corrected chi connectivity index (χ3v) is 5.46. The van der Waals surface area contributed by atoms with E-state index in [0.29, 0.717) is 37.7 Å². The molecular weight excluding hydrogens is 401 g/mol. The maximum Gasteiger partial charge on any atom is 0.190 e. The summed E-state index contributed by atoms with van der Waals surface area (Å²) in [7, 11) is 0. The fourth-order valence-corrected chi connectivity index (χ4v) is 3.55. The number of fused-ring (bicyclic) bond motifs is 1. The van der Waals surface area contributed by atoms with E-state index < -0.39 is 0 Å². The number of anilines is 1. The number of hydrogen-bond acceptors (Lipinski definition) is 5. The molecule has 5 nitrogen and oxygen atoms in total. The molecule has 0 unspecified atom stereocenters. The number of hydrogen-bond donors (Lipinski definition) is 1. The van der Waals surface area contributed by atoms with Gasteiger partial charge in [0.1, 0.15) is 5.82 Å². The Morgan fingerprint density at radius 3 is 2.56 bits per heavy atom. The van der Waals surface area contributed by atoms with Crippen molar-refractivity contribution in [1.29, 1.82) is 0 Å². The van der Waals surface area contributed by atoms with Gasteiger partial charge in [0.25, 0.3) is 0 Å². The Kier molecular flexibility index (Phi) is 4.72. The van der Waals surface area contributed by atoms with Gasteiger partial charge >= 0.3 is 0 Å². The average molecular weight is 416 g/mol. The molecule has 4 aromatic rings. The summed E-state index contributed by atoms with van der Waals surface area (Å²) in [6, 6.07) is 13.4. The zero-order chi connectivity index (χ0) is 19.1. The summed E-state index contributed by atoms with van der Waals surface area (Å²) in [4.78, 5) is 9.23. The summed E-state index contributed by atoms with van der Waals surface area (Å²) in [5.41, 5.74) is 10.6. The van der Waals surface area contributed by atoms with Gasteiger partial charge < -0.3 is 5.73 Å². The van der Waals surface area contributed by atoms with Crippen molar-refractivity contribution in [2.24, 2.45) is 0 Å². The minimum atomic E-state index is 0.433. The van der Waals surface area contributed by atoms with Crippen molar-refractivity contribution in [3.8, 4) is 16.9 Å². The minimum Gasteiger partial charge on any atom is -0.383 e. The predicted octanol–water partition coefficient (Wildman–Crippen LogP) is 5.40. The summed E-state index contributed by atoms with van der Waals surface area (Å²) in [5.74, 6) is 0.451. The van der Waals surface area contributed by atoms with Crippen molar-refractivity contribution < 1.29 is 0 Å². The van der Waals surface area contributed by atoms with Gasteiger partial charge in [-0.25, -0.2) is 14.6 Å². The number of nitrogen functional groups attached to an aromatic ring is 1. The van der Waals surface area contributed by atoms with Gasteiger partial charge in [0.15, 0.2) is 10.8 Å². The molecule has 0 radical (unpaired) electrons.